The van der Waals surface area contributed by atoms with Gasteiger partial charge in [0.2, 0.25) is 0 Å². The molecule has 1 atom stereocenters. The molecular weight excluding hydrogens is 340 g/mol. The number of anilines is 2. The van der Waals surface area contributed by atoms with Crippen LogP contribution in [0.1, 0.15) is 6.92 Å². The van der Waals surface area contributed by atoms with Crippen molar-refractivity contribution >= 4 is 32.8 Å². The topological polar surface area (TPSA) is 78.9 Å². The van der Waals surface area contributed by atoms with E-state index in [1.54, 1.807) is 19.1 Å². The number of nitrogens with one attached hydrogen (secondary N) is 1. The molecule has 1 unspecified atom stereocenters. The number of morpholine rings is 1. The van der Waals surface area contributed by atoms with Crippen molar-refractivity contribution in [3.05, 3.63) is 18.2 Å². The Labute approximate surface area is 142 Å². The van der Waals surface area contributed by atoms with Gasteiger partial charge in [0.25, 0.3) is 0 Å². The molecule has 0 aliphatic carbocycles. The van der Waals surface area contributed by atoms with Gasteiger partial charge < -0.3 is 20.1 Å². The molecule has 2 rings (SSSR count). The van der Waals surface area contributed by atoms with Crippen LogP contribution in [0.3, 0.4) is 0 Å². The minimum Gasteiger partial charge on any atom is -0.390 e. The molecule has 0 amide bonds. The van der Waals surface area contributed by atoms with Crippen molar-refractivity contribution in [3.8, 4) is 0 Å². The minimum atomic E-state index is -3.28. The number of hydrogen-bond donors (Lipinski definition) is 2. The maximum Gasteiger partial charge on any atom is 0.178 e. The van der Waals surface area contributed by atoms with Crippen LogP contribution in [0, 0.1) is 0 Å². The number of hydrogen-bond acceptors (Lipinski definition) is 6. The lowest BCUT2D eigenvalue weighted by atomic mass is 10.2. The first-order valence-electron chi connectivity index (χ1n) is 7.65. The van der Waals surface area contributed by atoms with Crippen molar-refractivity contribution < 1.29 is 18.3 Å². The summed E-state index contributed by atoms with van der Waals surface area (Å²) in [7, 11) is -3.28. The SMILES string of the molecule is CCS(=O)(=O)c1ccc(N2CCOCC2)c(NCC(O)CCl)c1. The monoisotopic (exact) mass is 362 g/mol. The summed E-state index contributed by atoms with van der Waals surface area (Å²) < 4.78 is 29.6. The van der Waals surface area contributed by atoms with Crippen molar-refractivity contribution in [3.63, 3.8) is 0 Å². The van der Waals surface area contributed by atoms with E-state index in [2.05, 4.69) is 10.2 Å². The molecule has 1 fully saturated rings. The fraction of sp³-hybridized carbons (Fsp3) is 0.600. The van der Waals surface area contributed by atoms with Crippen LogP contribution in [0.2, 0.25) is 0 Å². The summed E-state index contributed by atoms with van der Waals surface area (Å²) in [6.07, 6.45) is -0.694. The van der Waals surface area contributed by atoms with E-state index in [1.165, 1.54) is 0 Å². The van der Waals surface area contributed by atoms with Crippen LogP contribution in [0.5, 0.6) is 0 Å². The number of aliphatic hydroxyl groups excluding tert-OH is 1. The molecule has 0 saturated carbocycles. The summed E-state index contributed by atoms with van der Waals surface area (Å²) >= 11 is 5.62. The minimum absolute atomic E-state index is 0.0493. The highest BCUT2D eigenvalue weighted by molar-refractivity contribution is 7.91. The molecule has 0 spiro atoms. The zero-order valence-electron chi connectivity index (χ0n) is 13.2. The van der Waals surface area contributed by atoms with Gasteiger partial charge in [0.1, 0.15) is 0 Å². The highest BCUT2D eigenvalue weighted by Crippen LogP contribution is 2.30. The lowest BCUT2D eigenvalue weighted by molar-refractivity contribution is 0.122. The molecule has 1 heterocycles. The highest BCUT2D eigenvalue weighted by atomic mass is 35.5. The van der Waals surface area contributed by atoms with Gasteiger partial charge in [-0.05, 0) is 18.2 Å². The quantitative estimate of drug-likeness (QED) is 0.712. The van der Waals surface area contributed by atoms with E-state index in [9.17, 15) is 13.5 Å². The van der Waals surface area contributed by atoms with Crippen molar-refractivity contribution in [2.45, 2.75) is 17.9 Å². The summed E-state index contributed by atoms with van der Waals surface area (Å²) in [5, 5.41) is 12.8. The first kappa shape index (κ1) is 18.3. The Kier molecular flexibility index (Phi) is 6.52. The van der Waals surface area contributed by atoms with Crippen molar-refractivity contribution in [2.24, 2.45) is 0 Å². The molecule has 130 valence electrons. The number of alkyl halides is 1. The lowest BCUT2D eigenvalue weighted by Crippen LogP contribution is -2.37. The van der Waals surface area contributed by atoms with Gasteiger partial charge in [-0.3, -0.25) is 0 Å². The van der Waals surface area contributed by atoms with Gasteiger partial charge in [0.15, 0.2) is 9.84 Å². The van der Waals surface area contributed by atoms with Crippen molar-refractivity contribution in [2.75, 3.05) is 54.7 Å². The average Bonchev–Trinajstić information content (AvgIpc) is 2.60. The Hall–Kier alpha value is -1.02. The summed E-state index contributed by atoms with van der Waals surface area (Å²) in [4.78, 5) is 2.42. The van der Waals surface area contributed by atoms with Gasteiger partial charge >= 0.3 is 0 Å². The van der Waals surface area contributed by atoms with Gasteiger partial charge in [-0.25, -0.2) is 8.42 Å². The van der Waals surface area contributed by atoms with E-state index in [4.69, 9.17) is 16.3 Å². The molecule has 1 saturated heterocycles. The second-order valence-electron chi connectivity index (χ2n) is 5.37. The number of halogens is 1. The Bertz CT molecular complexity index is 618. The summed E-state index contributed by atoms with van der Waals surface area (Å²) in [6, 6.07) is 5.07. The van der Waals surface area contributed by atoms with Gasteiger partial charge in [-0.15, -0.1) is 11.6 Å². The largest absolute Gasteiger partial charge is 0.390 e. The summed E-state index contributed by atoms with van der Waals surface area (Å²) in [6.45, 7) is 4.64. The molecule has 0 bridgehead atoms. The van der Waals surface area contributed by atoms with Gasteiger partial charge in [0, 0.05) is 19.6 Å². The Morgan fingerprint density at radius 1 is 1.39 bits per heavy atom. The number of nitrogens with zero attached hydrogens (tertiary/aromatic N) is 1. The maximum atomic E-state index is 12.1. The van der Waals surface area contributed by atoms with E-state index >= 15 is 0 Å². The Morgan fingerprint density at radius 2 is 2.09 bits per heavy atom. The molecule has 23 heavy (non-hydrogen) atoms. The Balaban J connectivity index is 2.32. The number of rotatable bonds is 7. The van der Waals surface area contributed by atoms with E-state index in [0.717, 1.165) is 18.8 Å². The molecule has 1 aromatic rings. The van der Waals surface area contributed by atoms with Crippen LogP contribution in [-0.4, -0.2) is 64.1 Å². The predicted molar refractivity (Wildman–Crippen MR) is 92.4 cm³/mol. The molecule has 1 aromatic carbocycles. The van der Waals surface area contributed by atoms with Gasteiger partial charge in [0.05, 0.1) is 47.2 Å². The van der Waals surface area contributed by atoms with Crippen LogP contribution >= 0.6 is 11.6 Å². The highest BCUT2D eigenvalue weighted by Gasteiger charge is 2.19. The van der Waals surface area contributed by atoms with Gasteiger partial charge in [-0.1, -0.05) is 6.92 Å². The zero-order chi connectivity index (χ0) is 16.9. The summed E-state index contributed by atoms with van der Waals surface area (Å²) in [5.41, 5.74) is 1.59. The molecule has 1 aliphatic rings. The number of sulfone groups is 1. The third-order valence-corrected chi connectivity index (χ3v) is 5.85. The van der Waals surface area contributed by atoms with E-state index < -0.39 is 15.9 Å². The van der Waals surface area contributed by atoms with Crippen LogP contribution in [0.15, 0.2) is 23.1 Å². The van der Waals surface area contributed by atoms with Crippen molar-refractivity contribution in [1.82, 2.24) is 0 Å². The fourth-order valence-electron chi connectivity index (χ4n) is 2.38. The molecule has 6 nitrogen and oxygen atoms in total. The second-order valence-corrected chi connectivity index (χ2v) is 7.96. The maximum absolute atomic E-state index is 12.1. The molecule has 0 aromatic heterocycles. The molecule has 0 radical (unpaired) electrons. The Morgan fingerprint density at radius 3 is 2.70 bits per heavy atom. The van der Waals surface area contributed by atoms with E-state index in [-0.39, 0.29) is 23.1 Å². The fourth-order valence-corrected chi connectivity index (χ4v) is 3.39. The average molecular weight is 363 g/mol. The summed E-state index contributed by atoms with van der Waals surface area (Å²) in [5.74, 6) is 0.167. The molecular formula is C15H23ClN2O4S. The smallest absolute Gasteiger partial charge is 0.178 e. The zero-order valence-corrected chi connectivity index (χ0v) is 14.7. The van der Waals surface area contributed by atoms with Crippen LogP contribution in [-0.2, 0) is 14.6 Å². The number of ether oxygens (including phenoxy) is 1. The molecule has 1 aliphatic heterocycles. The van der Waals surface area contributed by atoms with Crippen molar-refractivity contribution in [1.29, 1.82) is 0 Å². The third-order valence-electron chi connectivity index (χ3n) is 3.77. The molecule has 2 N–H and O–H groups in total. The van der Waals surface area contributed by atoms with Crippen LogP contribution in [0.4, 0.5) is 11.4 Å². The first-order chi connectivity index (χ1) is 11.0. The number of aliphatic hydroxyl groups is 1. The van der Waals surface area contributed by atoms with Gasteiger partial charge in [-0.2, -0.15) is 0 Å². The standard InChI is InChI=1S/C15H23ClN2O4S/c1-2-23(20,21)13-3-4-15(18-5-7-22-8-6-18)14(9-13)17-11-12(19)10-16/h3-4,9,12,17,19H,2,5-8,10-11H2,1H3. The molecule has 8 heteroatoms. The lowest BCUT2D eigenvalue weighted by Gasteiger charge is -2.31. The predicted octanol–water partition coefficient (Wildman–Crippen LogP) is 1.33. The van der Waals surface area contributed by atoms with Crippen LogP contribution in [0.25, 0.3) is 0 Å². The normalized spacial score (nSPS) is 17.1. The third kappa shape index (κ3) is 4.73. The van der Waals surface area contributed by atoms with Crippen LogP contribution < -0.4 is 10.2 Å². The van der Waals surface area contributed by atoms with E-state index in [1.807, 2.05) is 6.07 Å². The second kappa shape index (κ2) is 8.19. The van der Waals surface area contributed by atoms with E-state index in [0.29, 0.717) is 18.9 Å². The first-order valence-corrected chi connectivity index (χ1v) is 9.84. The number of benzene rings is 1.